The number of nitrogens with zero attached hydrogens (tertiary/aromatic N) is 5. The minimum Gasteiger partial charge on any atom is -0.487 e. The molecule has 34 heavy (non-hydrogen) atoms. The summed E-state index contributed by atoms with van der Waals surface area (Å²) < 4.78 is 22.9. The maximum Gasteiger partial charge on any atom is 0.341 e. The van der Waals surface area contributed by atoms with Gasteiger partial charge >= 0.3 is 11.9 Å². The Kier molecular flexibility index (Phi) is 5.07. The Hall–Kier alpha value is -4.22. The monoisotopic (exact) mass is 469 g/mol. The molecule has 2 aromatic heterocycles. The first kappa shape index (κ1) is 21.6. The second-order valence-electron chi connectivity index (χ2n) is 8.23. The molecule has 2 N–H and O–H groups in total. The molecule has 3 aromatic rings. The summed E-state index contributed by atoms with van der Waals surface area (Å²) in [5.74, 6) is -2.54. The Morgan fingerprint density at radius 2 is 1.74 bits per heavy atom. The lowest BCUT2D eigenvalue weighted by molar-refractivity contribution is 0.0684. The van der Waals surface area contributed by atoms with Crippen molar-refractivity contribution in [3.8, 4) is 5.75 Å². The highest BCUT2D eigenvalue weighted by atomic mass is 19.1. The van der Waals surface area contributed by atoms with Gasteiger partial charge in [-0.2, -0.15) is 0 Å². The van der Waals surface area contributed by atoms with E-state index in [1.54, 1.807) is 4.57 Å². The van der Waals surface area contributed by atoms with Crippen LogP contribution in [0.15, 0.2) is 29.5 Å². The Morgan fingerprint density at radius 1 is 1.09 bits per heavy atom. The summed E-state index contributed by atoms with van der Waals surface area (Å²) in [5.41, 5.74) is -0.586. The second kappa shape index (κ2) is 7.97. The lowest BCUT2D eigenvalue weighted by atomic mass is 10.1. The van der Waals surface area contributed by atoms with Crippen LogP contribution in [0.4, 0.5) is 16.0 Å². The first-order valence-corrected chi connectivity index (χ1v) is 10.6. The van der Waals surface area contributed by atoms with Crippen molar-refractivity contribution in [3.05, 3.63) is 51.8 Å². The quantitative estimate of drug-likeness (QED) is 0.579. The smallest absolute Gasteiger partial charge is 0.341 e. The van der Waals surface area contributed by atoms with Crippen molar-refractivity contribution in [2.45, 2.75) is 13.0 Å². The van der Waals surface area contributed by atoms with Gasteiger partial charge < -0.3 is 29.3 Å². The van der Waals surface area contributed by atoms with E-state index in [1.807, 2.05) is 16.7 Å². The van der Waals surface area contributed by atoms with E-state index in [1.165, 1.54) is 18.6 Å². The molecule has 1 fully saturated rings. The van der Waals surface area contributed by atoms with Gasteiger partial charge in [0.2, 0.25) is 11.4 Å². The third kappa shape index (κ3) is 3.38. The molecule has 2 aliphatic rings. The summed E-state index contributed by atoms with van der Waals surface area (Å²) >= 11 is 0. The van der Waals surface area contributed by atoms with Crippen LogP contribution in [0.3, 0.4) is 0 Å². The van der Waals surface area contributed by atoms with Crippen LogP contribution >= 0.6 is 0 Å². The number of hydrogen-bond acceptors (Lipinski definition) is 8. The SMILES string of the molecule is C[C@H]1COc2c(N3CCN(c4ncc(C(=O)O)cn4)CC3)c(F)cc3c(=O)c(C(=O)O)cn1c23. The molecule has 176 valence electrons. The molecule has 11 nitrogen and oxygen atoms in total. The molecule has 5 rings (SSSR count). The molecule has 0 aliphatic carbocycles. The van der Waals surface area contributed by atoms with E-state index in [9.17, 15) is 19.5 Å². The minimum atomic E-state index is -1.37. The number of carboxylic acid groups (broad SMARTS) is 2. The van der Waals surface area contributed by atoms with E-state index in [0.29, 0.717) is 37.6 Å². The van der Waals surface area contributed by atoms with Crippen LogP contribution in [0, 0.1) is 5.82 Å². The number of benzene rings is 1. The van der Waals surface area contributed by atoms with E-state index in [-0.39, 0.29) is 35.0 Å². The Labute approximate surface area is 191 Å². The van der Waals surface area contributed by atoms with Crippen molar-refractivity contribution in [1.82, 2.24) is 14.5 Å². The number of hydrogen-bond donors (Lipinski definition) is 2. The average molecular weight is 469 g/mol. The zero-order chi connectivity index (χ0) is 24.1. The van der Waals surface area contributed by atoms with Gasteiger partial charge in [-0.25, -0.2) is 23.9 Å². The zero-order valence-corrected chi connectivity index (χ0v) is 18.1. The summed E-state index contributed by atoms with van der Waals surface area (Å²) in [4.78, 5) is 47.2. The molecule has 1 saturated heterocycles. The molecule has 1 atom stereocenters. The summed E-state index contributed by atoms with van der Waals surface area (Å²) in [6.45, 7) is 3.72. The number of anilines is 2. The van der Waals surface area contributed by atoms with Crippen molar-refractivity contribution >= 4 is 34.5 Å². The van der Waals surface area contributed by atoms with Crippen molar-refractivity contribution < 1.29 is 28.9 Å². The topological polar surface area (TPSA) is 138 Å². The van der Waals surface area contributed by atoms with E-state index < -0.39 is 28.7 Å². The van der Waals surface area contributed by atoms with Crippen LogP contribution < -0.4 is 20.0 Å². The molecule has 4 heterocycles. The molecule has 0 radical (unpaired) electrons. The van der Waals surface area contributed by atoms with Gasteiger partial charge in [0.25, 0.3) is 0 Å². The van der Waals surface area contributed by atoms with Crippen molar-refractivity contribution in [3.63, 3.8) is 0 Å². The van der Waals surface area contributed by atoms with Gasteiger partial charge in [0.15, 0.2) is 11.6 Å². The molecule has 12 heteroatoms. The van der Waals surface area contributed by atoms with Crippen molar-refractivity contribution in [1.29, 1.82) is 0 Å². The number of ether oxygens (including phenoxy) is 1. The minimum absolute atomic E-state index is 0.0109. The van der Waals surface area contributed by atoms with E-state index in [0.717, 1.165) is 6.07 Å². The molecule has 0 unspecified atom stereocenters. The fraction of sp³-hybridized carbons (Fsp3) is 0.318. The van der Waals surface area contributed by atoms with E-state index >= 15 is 4.39 Å². The highest BCUT2D eigenvalue weighted by Crippen LogP contribution is 2.42. The lowest BCUT2D eigenvalue weighted by Crippen LogP contribution is -2.47. The highest BCUT2D eigenvalue weighted by Gasteiger charge is 2.31. The van der Waals surface area contributed by atoms with Crippen LogP contribution in [0.5, 0.6) is 5.75 Å². The zero-order valence-electron chi connectivity index (χ0n) is 18.1. The Morgan fingerprint density at radius 3 is 2.35 bits per heavy atom. The third-order valence-electron chi connectivity index (χ3n) is 6.14. The molecule has 0 spiro atoms. The molecule has 0 amide bonds. The van der Waals surface area contributed by atoms with Crippen LogP contribution in [0.1, 0.15) is 33.7 Å². The number of aromatic carboxylic acids is 2. The van der Waals surface area contributed by atoms with Gasteiger partial charge in [-0.1, -0.05) is 0 Å². The highest BCUT2D eigenvalue weighted by molar-refractivity contribution is 5.97. The lowest BCUT2D eigenvalue weighted by Gasteiger charge is -2.38. The van der Waals surface area contributed by atoms with Crippen LogP contribution in [0.2, 0.25) is 0 Å². The Balaban J connectivity index is 1.50. The molecule has 1 aromatic carbocycles. The number of aromatic nitrogens is 3. The second-order valence-corrected chi connectivity index (χ2v) is 8.23. The summed E-state index contributed by atoms with van der Waals surface area (Å²) in [6.07, 6.45) is 3.77. The third-order valence-corrected chi connectivity index (χ3v) is 6.14. The standard InChI is InChI=1S/C22H20FN5O6/c1-11-10-34-19-16-13(18(29)14(21(32)33)9-28(11)16)6-15(23)17(19)26-2-4-27(5-3-26)22-24-7-12(8-25-22)20(30)31/h6-9,11H,2-5,10H2,1H3,(H,30,31)(H,32,33)/t11-/m0/s1. The van der Waals surface area contributed by atoms with Crippen LogP contribution in [-0.4, -0.2) is 69.5 Å². The van der Waals surface area contributed by atoms with Gasteiger partial charge in [0.1, 0.15) is 17.9 Å². The fourth-order valence-corrected chi connectivity index (χ4v) is 4.38. The number of piperazine rings is 1. The Bertz CT molecular complexity index is 1380. The number of pyridine rings is 1. The normalized spacial score (nSPS) is 17.5. The van der Waals surface area contributed by atoms with Crippen molar-refractivity contribution in [2.24, 2.45) is 0 Å². The van der Waals surface area contributed by atoms with Crippen LogP contribution in [-0.2, 0) is 0 Å². The molecular formula is C22H20FN5O6. The molecule has 2 aliphatic heterocycles. The molecule has 0 bridgehead atoms. The predicted octanol–water partition coefficient (Wildman–Crippen LogP) is 1.61. The number of halogens is 1. The largest absolute Gasteiger partial charge is 0.487 e. The van der Waals surface area contributed by atoms with Gasteiger partial charge in [0, 0.05) is 44.8 Å². The first-order valence-electron chi connectivity index (χ1n) is 10.6. The summed E-state index contributed by atoms with van der Waals surface area (Å²) in [6, 6.07) is 0.843. The summed E-state index contributed by atoms with van der Waals surface area (Å²) in [7, 11) is 0. The number of carbonyl (C=O) groups is 2. The van der Waals surface area contributed by atoms with Crippen molar-refractivity contribution in [2.75, 3.05) is 42.6 Å². The summed E-state index contributed by atoms with van der Waals surface area (Å²) in [5, 5.41) is 18.4. The van der Waals surface area contributed by atoms with Gasteiger partial charge in [0.05, 0.1) is 22.5 Å². The van der Waals surface area contributed by atoms with Gasteiger partial charge in [-0.15, -0.1) is 0 Å². The maximum atomic E-state index is 15.3. The van der Waals surface area contributed by atoms with E-state index in [4.69, 9.17) is 9.84 Å². The fourth-order valence-electron chi connectivity index (χ4n) is 4.38. The van der Waals surface area contributed by atoms with Gasteiger partial charge in [-0.3, -0.25) is 4.79 Å². The van der Waals surface area contributed by atoms with E-state index in [2.05, 4.69) is 9.97 Å². The number of carboxylic acids is 2. The first-order chi connectivity index (χ1) is 16.3. The molecule has 0 saturated carbocycles. The number of rotatable bonds is 4. The average Bonchev–Trinajstić information content (AvgIpc) is 2.82. The van der Waals surface area contributed by atoms with Gasteiger partial charge in [-0.05, 0) is 13.0 Å². The van der Waals surface area contributed by atoms with Crippen LogP contribution in [0.25, 0.3) is 10.9 Å². The maximum absolute atomic E-state index is 15.3. The molecular weight excluding hydrogens is 449 g/mol. The predicted molar refractivity (Wildman–Crippen MR) is 119 cm³/mol.